The fraction of sp³-hybridized carbons (Fsp3) is 0.471. The largest absolute Gasteiger partial charge is 0.488 e. The Bertz CT molecular complexity index is 577. The molecule has 4 heteroatoms. The molecule has 0 saturated carbocycles. The Labute approximate surface area is 127 Å². The molecule has 0 radical (unpaired) electrons. The van der Waals surface area contributed by atoms with E-state index in [0.29, 0.717) is 6.61 Å². The Morgan fingerprint density at radius 1 is 1.38 bits per heavy atom. The van der Waals surface area contributed by atoms with Crippen LogP contribution in [0.3, 0.4) is 0 Å². The topological polar surface area (TPSA) is 39.1 Å². The van der Waals surface area contributed by atoms with E-state index in [1.165, 1.54) is 11.1 Å². The van der Waals surface area contributed by atoms with Crippen molar-refractivity contribution >= 4 is 0 Å². The van der Waals surface area contributed by atoms with Crippen LogP contribution in [0.1, 0.15) is 43.0 Å². The van der Waals surface area contributed by atoms with Crippen LogP contribution >= 0.6 is 0 Å². The van der Waals surface area contributed by atoms with E-state index in [1.54, 1.807) is 4.68 Å². The van der Waals surface area contributed by atoms with Crippen molar-refractivity contribution in [2.24, 2.45) is 7.05 Å². The van der Waals surface area contributed by atoms with Gasteiger partial charge in [0.25, 0.3) is 0 Å². The normalized spacial score (nSPS) is 12.4. The van der Waals surface area contributed by atoms with Crippen molar-refractivity contribution in [3.05, 3.63) is 47.3 Å². The van der Waals surface area contributed by atoms with Gasteiger partial charge in [-0.1, -0.05) is 19.1 Å². The van der Waals surface area contributed by atoms with Gasteiger partial charge in [-0.15, -0.1) is 0 Å². The Morgan fingerprint density at radius 2 is 2.19 bits per heavy atom. The number of nitrogens with one attached hydrogen (secondary N) is 1. The predicted octanol–water partition coefficient (Wildman–Crippen LogP) is 3.37. The summed E-state index contributed by atoms with van der Waals surface area (Å²) in [6, 6.07) is 6.68. The Morgan fingerprint density at radius 3 is 2.86 bits per heavy atom. The van der Waals surface area contributed by atoms with Gasteiger partial charge in [0.05, 0.1) is 6.20 Å². The highest BCUT2D eigenvalue weighted by Gasteiger charge is 2.11. The second kappa shape index (κ2) is 7.27. The fourth-order valence-electron chi connectivity index (χ4n) is 2.30. The summed E-state index contributed by atoms with van der Waals surface area (Å²) in [5, 5.41) is 7.68. The lowest BCUT2D eigenvalue weighted by molar-refractivity contribution is 0.299. The van der Waals surface area contributed by atoms with Crippen LogP contribution in [0, 0.1) is 6.92 Å². The van der Waals surface area contributed by atoms with Crippen LogP contribution in [-0.2, 0) is 13.7 Å². The van der Waals surface area contributed by atoms with Crippen molar-refractivity contribution in [2.45, 2.75) is 39.8 Å². The minimum atomic E-state index is 0.287. The first kappa shape index (κ1) is 15.6. The van der Waals surface area contributed by atoms with E-state index in [-0.39, 0.29) is 6.04 Å². The highest BCUT2D eigenvalue weighted by molar-refractivity contribution is 5.39. The van der Waals surface area contributed by atoms with Gasteiger partial charge in [-0.3, -0.25) is 4.68 Å². The van der Waals surface area contributed by atoms with Gasteiger partial charge >= 0.3 is 0 Å². The lowest BCUT2D eigenvalue weighted by Gasteiger charge is -2.18. The number of aryl methyl sites for hydroxylation is 2. The maximum absolute atomic E-state index is 6.03. The quantitative estimate of drug-likeness (QED) is 0.848. The summed E-state index contributed by atoms with van der Waals surface area (Å²) in [6.45, 7) is 8.00. The zero-order chi connectivity index (χ0) is 15.2. The molecule has 1 aromatic carbocycles. The van der Waals surface area contributed by atoms with Gasteiger partial charge in [0.1, 0.15) is 12.4 Å². The maximum atomic E-state index is 6.03. The fourth-order valence-corrected chi connectivity index (χ4v) is 2.30. The lowest BCUT2D eigenvalue weighted by atomic mass is 10.0. The monoisotopic (exact) mass is 287 g/mol. The molecule has 1 N–H and O–H groups in total. The standard InChI is InChI=1S/C17H25N3O/c1-5-8-18-14(3)16-7-6-13(2)9-17(16)21-12-15-10-19-20(4)11-15/h6-7,9-11,14,18H,5,8,12H2,1-4H3. The van der Waals surface area contributed by atoms with Gasteiger partial charge in [-0.25, -0.2) is 0 Å². The minimum Gasteiger partial charge on any atom is -0.488 e. The first-order valence-electron chi connectivity index (χ1n) is 7.54. The van der Waals surface area contributed by atoms with Crippen LogP contribution in [0.2, 0.25) is 0 Å². The van der Waals surface area contributed by atoms with Crippen molar-refractivity contribution in [1.29, 1.82) is 0 Å². The Hall–Kier alpha value is -1.81. The third kappa shape index (κ3) is 4.33. The molecule has 1 unspecified atom stereocenters. The summed E-state index contributed by atoms with van der Waals surface area (Å²) in [4.78, 5) is 0. The number of ether oxygens (including phenoxy) is 1. The lowest BCUT2D eigenvalue weighted by Crippen LogP contribution is -2.20. The van der Waals surface area contributed by atoms with Crippen LogP contribution in [0.4, 0.5) is 0 Å². The molecule has 0 aliphatic rings. The van der Waals surface area contributed by atoms with Crippen molar-refractivity contribution in [3.63, 3.8) is 0 Å². The van der Waals surface area contributed by atoms with Crippen LogP contribution < -0.4 is 10.1 Å². The molecule has 0 saturated heterocycles. The molecule has 2 rings (SSSR count). The molecular formula is C17H25N3O. The van der Waals surface area contributed by atoms with Gasteiger partial charge in [0.2, 0.25) is 0 Å². The first-order chi connectivity index (χ1) is 10.1. The molecule has 0 bridgehead atoms. The summed E-state index contributed by atoms with van der Waals surface area (Å²) < 4.78 is 7.82. The molecule has 4 nitrogen and oxygen atoms in total. The van der Waals surface area contributed by atoms with E-state index in [0.717, 1.165) is 24.3 Å². The molecule has 0 spiro atoms. The minimum absolute atomic E-state index is 0.287. The van der Waals surface area contributed by atoms with Crippen molar-refractivity contribution in [3.8, 4) is 5.75 Å². The molecule has 1 aromatic heterocycles. The second-order valence-corrected chi connectivity index (χ2v) is 5.53. The van der Waals surface area contributed by atoms with Crippen molar-refractivity contribution < 1.29 is 4.74 Å². The molecule has 21 heavy (non-hydrogen) atoms. The molecule has 114 valence electrons. The summed E-state index contributed by atoms with van der Waals surface area (Å²) >= 11 is 0. The highest BCUT2D eigenvalue weighted by atomic mass is 16.5. The van der Waals surface area contributed by atoms with Gasteiger partial charge < -0.3 is 10.1 Å². The predicted molar refractivity (Wildman–Crippen MR) is 85.4 cm³/mol. The molecule has 2 aromatic rings. The molecule has 0 amide bonds. The number of rotatable bonds is 7. The highest BCUT2D eigenvalue weighted by Crippen LogP contribution is 2.27. The average Bonchev–Trinajstić information content (AvgIpc) is 2.88. The van der Waals surface area contributed by atoms with E-state index >= 15 is 0 Å². The molecular weight excluding hydrogens is 262 g/mol. The van der Waals surface area contributed by atoms with Crippen molar-refractivity contribution in [2.75, 3.05) is 6.54 Å². The number of nitrogens with zero attached hydrogens (tertiary/aromatic N) is 2. The molecule has 0 aliphatic heterocycles. The average molecular weight is 287 g/mol. The number of hydrogen-bond acceptors (Lipinski definition) is 3. The van der Waals surface area contributed by atoms with E-state index in [1.807, 2.05) is 19.4 Å². The van der Waals surface area contributed by atoms with Gasteiger partial charge in [-0.05, 0) is 38.4 Å². The van der Waals surface area contributed by atoms with Crippen molar-refractivity contribution in [1.82, 2.24) is 15.1 Å². The van der Waals surface area contributed by atoms with Crippen LogP contribution in [0.15, 0.2) is 30.6 Å². The van der Waals surface area contributed by atoms with E-state index in [2.05, 4.69) is 49.4 Å². The summed E-state index contributed by atoms with van der Waals surface area (Å²) in [5.41, 5.74) is 3.50. The summed E-state index contributed by atoms with van der Waals surface area (Å²) in [7, 11) is 1.92. The zero-order valence-corrected chi connectivity index (χ0v) is 13.4. The number of aromatic nitrogens is 2. The molecule has 1 atom stereocenters. The zero-order valence-electron chi connectivity index (χ0n) is 13.4. The number of benzene rings is 1. The van der Waals surface area contributed by atoms with Gasteiger partial charge in [-0.2, -0.15) is 5.10 Å². The first-order valence-corrected chi connectivity index (χ1v) is 7.54. The van der Waals surface area contributed by atoms with E-state index in [9.17, 15) is 0 Å². The van der Waals surface area contributed by atoms with Crippen LogP contribution in [-0.4, -0.2) is 16.3 Å². The smallest absolute Gasteiger partial charge is 0.124 e. The summed E-state index contributed by atoms with van der Waals surface area (Å²) in [6.07, 6.45) is 4.95. The van der Waals surface area contributed by atoms with Crippen LogP contribution in [0.25, 0.3) is 0 Å². The third-order valence-corrected chi connectivity index (χ3v) is 3.49. The molecule has 0 fully saturated rings. The van der Waals surface area contributed by atoms with Crippen LogP contribution in [0.5, 0.6) is 5.75 Å². The SMILES string of the molecule is CCCNC(C)c1ccc(C)cc1OCc1cnn(C)c1. The summed E-state index contributed by atoms with van der Waals surface area (Å²) in [5.74, 6) is 0.954. The van der Waals surface area contributed by atoms with Gasteiger partial charge in [0, 0.05) is 30.4 Å². The Kier molecular flexibility index (Phi) is 5.39. The molecule has 1 heterocycles. The van der Waals surface area contributed by atoms with E-state index in [4.69, 9.17) is 4.74 Å². The molecule has 0 aliphatic carbocycles. The Balaban J connectivity index is 2.10. The second-order valence-electron chi connectivity index (χ2n) is 5.53. The third-order valence-electron chi connectivity index (χ3n) is 3.49. The number of hydrogen-bond donors (Lipinski definition) is 1. The van der Waals surface area contributed by atoms with E-state index < -0.39 is 0 Å². The van der Waals surface area contributed by atoms with Gasteiger partial charge in [0.15, 0.2) is 0 Å². The maximum Gasteiger partial charge on any atom is 0.124 e.